The van der Waals surface area contributed by atoms with Crippen molar-refractivity contribution in [2.75, 3.05) is 0 Å². The SMILES string of the molecule is CCn1c2ccc(C)cc2c2ccc3oc4ccc(C)cc4c3c21. The van der Waals surface area contributed by atoms with Gasteiger partial charge in [-0.15, -0.1) is 0 Å². The van der Waals surface area contributed by atoms with E-state index in [9.17, 15) is 0 Å². The van der Waals surface area contributed by atoms with E-state index in [-0.39, 0.29) is 0 Å². The highest BCUT2D eigenvalue weighted by Gasteiger charge is 2.17. The molecule has 3 aromatic carbocycles. The van der Waals surface area contributed by atoms with E-state index < -0.39 is 0 Å². The minimum atomic E-state index is 0.945. The Morgan fingerprint density at radius 2 is 1.50 bits per heavy atom. The fraction of sp³-hybridized carbons (Fsp3) is 0.182. The van der Waals surface area contributed by atoms with Crippen LogP contribution in [0, 0.1) is 13.8 Å². The fourth-order valence-corrected chi connectivity index (χ4v) is 4.01. The Kier molecular flexibility index (Phi) is 2.64. The molecule has 0 fully saturated rings. The summed E-state index contributed by atoms with van der Waals surface area (Å²) in [6.07, 6.45) is 0. The number of aryl methyl sites for hydroxylation is 3. The van der Waals surface area contributed by atoms with Gasteiger partial charge in [-0.3, -0.25) is 0 Å². The maximum Gasteiger partial charge on any atom is 0.137 e. The zero-order valence-corrected chi connectivity index (χ0v) is 14.2. The number of fused-ring (bicyclic) bond motifs is 7. The second-order valence-corrected chi connectivity index (χ2v) is 6.70. The van der Waals surface area contributed by atoms with Gasteiger partial charge in [0.25, 0.3) is 0 Å². The molecule has 0 unspecified atom stereocenters. The molecule has 0 aliphatic heterocycles. The summed E-state index contributed by atoms with van der Waals surface area (Å²) in [5, 5.41) is 5.09. The standard InChI is InChI=1S/C22H19NO/c1-4-23-18-8-5-13(2)11-16(18)15-7-10-20-21(22(15)23)17-12-14(3)6-9-19(17)24-20/h5-12H,4H2,1-3H3. The van der Waals surface area contributed by atoms with Crippen LogP contribution < -0.4 is 0 Å². The zero-order chi connectivity index (χ0) is 16.4. The molecule has 0 atom stereocenters. The predicted molar refractivity (Wildman–Crippen MR) is 102 cm³/mol. The minimum absolute atomic E-state index is 0.945. The molecule has 0 bridgehead atoms. The van der Waals surface area contributed by atoms with Crippen LogP contribution in [0.25, 0.3) is 43.7 Å². The summed E-state index contributed by atoms with van der Waals surface area (Å²) >= 11 is 0. The van der Waals surface area contributed by atoms with Gasteiger partial charge in [0.1, 0.15) is 11.2 Å². The van der Waals surface area contributed by atoms with E-state index in [4.69, 9.17) is 4.42 Å². The van der Waals surface area contributed by atoms with Crippen molar-refractivity contribution in [1.29, 1.82) is 0 Å². The molecular weight excluding hydrogens is 294 g/mol. The number of rotatable bonds is 1. The van der Waals surface area contributed by atoms with Gasteiger partial charge in [0, 0.05) is 28.2 Å². The second-order valence-electron chi connectivity index (χ2n) is 6.70. The van der Waals surface area contributed by atoms with Crippen molar-refractivity contribution in [2.45, 2.75) is 27.3 Å². The van der Waals surface area contributed by atoms with Gasteiger partial charge in [0.15, 0.2) is 0 Å². The maximum absolute atomic E-state index is 6.12. The number of hydrogen-bond donors (Lipinski definition) is 0. The lowest BCUT2D eigenvalue weighted by molar-refractivity contribution is 0.669. The van der Waals surface area contributed by atoms with Gasteiger partial charge < -0.3 is 8.98 Å². The molecule has 118 valence electrons. The molecule has 0 N–H and O–H groups in total. The number of benzene rings is 3. The van der Waals surface area contributed by atoms with E-state index in [0.717, 1.165) is 17.7 Å². The van der Waals surface area contributed by atoms with Gasteiger partial charge >= 0.3 is 0 Å². The highest BCUT2D eigenvalue weighted by molar-refractivity contribution is 6.23. The third-order valence-electron chi connectivity index (χ3n) is 5.08. The molecule has 2 heterocycles. The number of nitrogens with zero attached hydrogens (tertiary/aromatic N) is 1. The molecule has 0 aliphatic rings. The first kappa shape index (κ1) is 13.7. The van der Waals surface area contributed by atoms with Crippen LogP contribution in [0.2, 0.25) is 0 Å². The van der Waals surface area contributed by atoms with Gasteiger partial charge in [0.2, 0.25) is 0 Å². The van der Waals surface area contributed by atoms with Crippen LogP contribution >= 0.6 is 0 Å². The maximum atomic E-state index is 6.12. The summed E-state index contributed by atoms with van der Waals surface area (Å²) in [5.41, 5.74) is 7.08. The first-order chi connectivity index (χ1) is 11.7. The molecule has 2 heteroatoms. The van der Waals surface area contributed by atoms with Crippen molar-refractivity contribution in [3.05, 3.63) is 59.7 Å². The second kappa shape index (κ2) is 4.64. The molecule has 0 spiro atoms. The summed E-state index contributed by atoms with van der Waals surface area (Å²) in [7, 11) is 0. The summed E-state index contributed by atoms with van der Waals surface area (Å²) in [6, 6.07) is 17.5. The number of aromatic nitrogens is 1. The highest BCUT2D eigenvalue weighted by Crippen LogP contribution is 2.39. The van der Waals surface area contributed by atoms with Gasteiger partial charge in [-0.25, -0.2) is 0 Å². The van der Waals surface area contributed by atoms with Crippen LogP contribution in [-0.4, -0.2) is 4.57 Å². The molecule has 5 aromatic rings. The average molecular weight is 313 g/mol. The molecule has 0 saturated carbocycles. The van der Waals surface area contributed by atoms with E-state index >= 15 is 0 Å². The van der Waals surface area contributed by atoms with Crippen molar-refractivity contribution in [3.63, 3.8) is 0 Å². The molecular formula is C22H19NO. The zero-order valence-electron chi connectivity index (χ0n) is 14.2. The Bertz CT molecular complexity index is 1250. The number of furan rings is 1. The first-order valence-corrected chi connectivity index (χ1v) is 8.52. The summed E-state index contributed by atoms with van der Waals surface area (Å²) in [5.74, 6) is 0. The summed E-state index contributed by atoms with van der Waals surface area (Å²) in [4.78, 5) is 0. The van der Waals surface area contributed by atoms with Crippen LogP contribution in [0.3, 0.4) is 0 Å². The van der Waals surface area contributed by atoms with E-state index in [1.165, 1.54) is 43.7 Å². The Morgan fingerprint density at radius 1 is 0.792 bits per heavy atom. The molecule has 0 radical (unpaired) electrons. The Morgan fingerprint density at radius 3 is 2.29 bits per heavy atom. The number of hydrogen-bond acceptors (Lipinski definition) is 1. The van der Waals surface area contributed by atoms with Gasteiger partial charge in [-0.05, 0) is 57.2 Å². The Hall–Kier alpha value is -2.74. The van der Waals surface area contributed by atoms with E-state index in [2.05, 4.69) is 73.9 Å². The molecule has 2 aromatic heterocycles. The van der Waals surface area contributed by atoms with Crippen LogP contribution in [-0.2, 0) is 6.54 Å². The average Bonchev–Trinajstić information content (AvgIpc) is 3.09. The van der Waals surface area contributed by atoms with Crippen molar-refractivity contribution < 1.29 is 4.42 Å². The quantitative estimate of drug-likeness (QED) is 0.353. The van der Waals surface area contributed by atoms with Gasteiger partial charge in [0.05, 0.1) is 10.9 Å². The lowest BCUT2D eigenvalue weighted by Gasteiger charge is -2.04. The molecule has 0 amide bonds. The third kappa shape index (κ3) is 1.66. The van der Waals surface area contributed by atoms with E-state index in [1.807, 2.05) is 0 Å². The van der Waals surface area contributed by atoms with Crippen molar-refractivity contribution in [3.8, 4) is 0 Å². The third-order valence-corrected chi connectivity index (χ3v) is 5.08. The molecule has 5 rings (SSSR count). The van der Waals surface area contributed by atoms with Crippen LogP contribution in [0.4, 0.5) is 0 Å². The van der Waals surface area contributed by atoms with Crippen molar-refractivity contribution in [1.82, 2.24) is 4.57 Å². The van der Waals surface area contributed by atoms with Crippen molar-refractivity contribution in [2.24, 2.45) is 0 Å². The minimum Gasteiger partial charge on any atom is -0.456 e. The fourth-order valence-electron chi connectivity index (χ4n) is 4.01. The first-order valence-electron chi connectivity index (χ1n) is 8.52. The smallest absolute Gasteiger partial charge is 0.137 e. The molecule has 24 heavy (non-hydrogen) atoms. The molecule has 2 nitrogen and oxygen atoms in total. The van der Waals surface area contributed by atoms with Gasteiger partial charge in [-0.1, -0.05) is 23.3 Å². The van der Waals surface area contributed by atoms with Gasteiger partial charge in [-0.2, -0.15) is 0 Å². The normalized spacial score (nSPS) is 12.1. The van der Waals surface area contributed by atoms with Crippen LogP contribution in [0.15, 0.2) is 52.9 Å². The summed E-state index contributed by atoms with van der Waals surface area (Å²) in [6.45, 7) is 7.45. The Balaban J connectivity index is 2.12. The lowest BCUT2D eigenvalue weighted by Crippen LogP contribution is -1.93. The van der Waals surface area contributed by atoms with Crippen LogP contribution in [0.5, 0.6) is 0 Å². The predicted octanol–water partition coefficient (Wildman–Crippen LogP) is 6.33. The molecule has 0 aliphatic carbocycles. The van der Waals surface area contributed by atoms with Crippen LogP contribution in [0.1, 0.15) is 18.1 Å². The van der Waals surface area contributed by atoms with E-state index in [0.29, 0.717) is 0 Å². The summed E-state index contributed by atoms with van der Waals surface area (Å²) < 4.78 is 8.54. The molecule has 0 saturated heterocycles. The lowest BCUT2D eigenvalue weighted by atomic mass is 10.1. The Labute approximate surface area is 140 Å². The van der Waals surface area contributed by atoms with E-state index in [1.54, 1.807) is 0 Å². The highest BCUT2D eigenvalue weighted by atomic mass is 16.3. The largest absolute Gasteiger partial charge is 0.456 e. The van der Waals surface area contributed by atoms with Crippen molar-refractivity contribution >= 4 is 43.7 Å². The topological polar surface area (TPSA) is 18.1 Å². The monoisotopic (exact) mass is 313 g/mol.